The summed E-state index contributed by atoms with van der Waals surface area (Å²) >= 11 is 7.80. The van der Waals surface area contributed by atoms with Crippen LogP contribution in [0.2, 0.25) is 5.02 Å². The quantitative estimate of drug-likeness (QED) is 0.671. The number of rotatable bonds is 4. The van der Waals surface area contributed by atoms with E-state index in [4.69, 9.17) is 11.6 Å². The van der Waals surface area contributed by atoms with Crippen LogP contribution in [-0.2, 0) is 11.2 Å². The minimum atomic E-state index is -0.154. The van der Waals surface area contributed by atoms with Gasteiger partial charge >= 0.3 is 0 Å². The number of anilines is 1. The fourth-order valence-corrected chi connectivity index (χ4v) is 4.73. The maximum Gasteiger partial charge on any atom is 0.238 e. The van der Waals surface area contributed by atoms with Gasteiger partial charge in [-0.15, -0.1) is 11.3 Å². The van der Waals surface area contributed by atoms with Crippen molar-refractivity contribution in [2.75, 3.05) is 18.4 Å². The summed E-state index contributed by atoms with van der Waals surface area (Å²) in [6.45, 7) is 1.05. The first-order chi connectivity index (χ1) is 13.7. The van der Waals surface area contributed by atoms with E-state index in [1.54, 1.807) is 29.5 Å². The molecule has 28 heavy (non-hydrogen) atoms. The van der Waals surface area contributed by atoms with Crippen molar-refractivity contribution in [3.63, 3.8) is 0 Å². The lowest BCUT2D eigenvalue weighted by Crippen LogP contribution is -2.40. The van der Waals surface area contributed by atoms with E-state index in [1.165, 1.54) is 16.0 Å². The van der Waals surface area contributed by atoms with Crippen LogP contribution in [0.4, 0.5) is 5.69 Å². The highest BCUT2D eigenvalue weighted by Gasteiger charge is 2.30. The highest BCUT2D eigenvalue weighted by atomic mass is 35.5. The first-order valence-electron chi connectivity index (χ1n) is 9.00. The number of amides is 1. The Morgan fingerprint density at radius 2 is 2.07 bits per heavy atom. The van der Waals surface area contributed by atoms with Crippen LogP contribution in [0.5, 0.6) is 0 Å². The number of benzene rings is 2. The predicted molar refractivity (Wildman–Crippen MR) is 113 cm³/mol. The molecule has 3 aromatic rings. The van der Waals surface area contributed by atoms with Crippen LogP contribution < -0.4 is 5.32 Å². The molecular formula is C22H18ClN3OS. The van der Waals surface area contributed by atoms with Gasteiger partial charge in [0, 0.05) is 16.4 Å². The molecule has 0 bridgehead atoms. The molecule has 1 aliphatic heterocycles. The molecule has 6 heteroatoms. The average Bonchev–Trinajstić information content (AvgIpc) is 3.17. The zero-order valence-electron chi connectivity index (χ0n) is 15.1. The molecule has 2 aromatic carbocycles. The Bertz CT molecular complexity index is 1040. The van der Waals surface area contributed by atoms with Crippen LogP contribution in [-0.4, -0.2) is 23.9 Å². The third kappa shape index (κ3) is 3.81. The van der Waals surface area contributed by atoms with Crippen molar-refractivity contribution in [3.05, 3.63) is 86.6 Å². The molecule has 0 spiro atoms. The van der Waals surface area contributed by atoms with Gasteiger partial charge in [-0.2, -0.15) is 5.26 Å². The van der Waals surface area contributed by atoms with Crippen molar-refractivity contribution < 1.29 is 4.79 Å². The van der Waals surface area contributed by atoms with Crippen molar-refractivity contribution in [1.82, 2.24) is 4.90 Å². The summed E-state index contributed by atoms with van der Waals surface area (Å²) in [4.78, 5) is 16.4. The average molecular weight is 408 g/mol. The van der Waals surface area contributed by atoms with E-state index in [0.29, 0.717) is 16.3 Å². The lowest BCUT2D eigenvalue weighted by molar-refractivity contribution is -0.117. The highest BCUT2D eigenvalue weighted by molar-refractivity contribution is 7.10. The zero-order chi connectivity index (χ0) is 19.5. The standard InChI is InChI=1S/C22H18ClN3OS/c23-17-7-6-16(13-24)19(12-17)25-21(27)14-26-10-8-20-18(9-11-28-20)22(26)15-4-2-1-3-5-15/h1-7,9,11-12,22H,8,10,14H2,(H,25,27)/t22-/m0/s1. The minimum absolute atomic E-state index is 0.0525. The van der Waals surface area contributed by atoms with Crippen molar-refractivity contribution in [2.45, 2.75) is 12.5 Å². The molecule has 1 atom stereocenters. The van der Waals surface area contributed by atoms with Crippen molar-refractivity contribution >= 4 is 34.5 Å². The van der Waals surface area contributed by atoms with Gasteiger partial charge in [-0.1, -0.05) is 41.9 Å². The van der Waals surface area contributed by atoms with Gasteiger partial charge in [-0.3, -0.25) is 9.69 Å². The van der Waals surface area contributed by atoms with Crippen molar-refractivity contribution in [3.8, 4) is 6.07 Å². The van der Waals surface area contributed by atoms with E-state index in [1.807, 2.05) is 18.2 Å². The van der Waals surface area contributed by atoms with E-state index in [-0.39, 0.29) is 18.5 Å². The van der Waals surface area contributed by atoms with Gasteiger partial charge in [0.2, 0.25) is 5.91 Å². The molecule has 0 fully saturated rings. The molecule has 0 unspecified atom stereocenters. The van der Waals surface area contributed by atoms with Gasteiger partial charge in [0.05, 0.1) is 23.8 Å². The summed E-state index contributed by atoms with van der Waals surface area (Å²) in [5.74, 6) is -0.154. The Hall–Kier alpha value is -2.65. The number of hydrogen-bond acceptors (Lipinski definition) is 4. The first kappa shape index (κ1) is 18.7. The maximum absolute atomic E-state index is 12.8. The lowest BCUT2D eigenvalue weighted by Gasteiger charge is -2.35. The Kier molecular flexibility index (Phi) is 5.45. The molecule has 0 radical (unpaired) electrons. The van der Waals surface area contributed by atoms with Gasteiger partial charge in [0.1, 0.15) is 6.07 Å². The number of carbonyl (C=O) groups excluding carboxylic acids is 1. The second-order valence-electron chi connectivity index (χ2n) is 6.68. The molecular weight excluding hydrogens is 390 g/mol. The summed E-state index contributed by atoms with van der Waals surface area (Å²) in [5.41, 5.74) is 3.30. The Balaban J connectivity index is 1.58. The first-order valence-corrected chi connectivity index (χ1v) is 10.3. The Morgan fingerprint density at radius 3 is 2.86 bits per heavy atom. The van der Waals surface area contributed by atoms with Crippen LogP contribution >= 0.6 is 22.9 Å². The molecule has 1 aromatic heterocycles. The largest absolute Gasteiger partial charge is 0.324 e. The van der Waals surface area contributed by atoms with E-state index in [0.717, 1.165) is 13.0 Å². The third-order valence-electron chi connectivity index (χ3n) is 4.90. The highest BCUT2D eigenvalue weighted by Crippen LogP contribution is 2.37. The molecule has 4 nitrogen and oxygen atoms in total. The van der Waals surface area contributed by atoms with Gasteiger partial charge in [0.25, 0.3) is 0 Å². The molecule has 0 saturated carbocycles. The number of thiophene rings is 1. The zero-order valence-corrected chi connectivity index (χ0v) is 16.6. The lowest BCUT2D eigenvalue weighted by atomic mass is 9.93. The summed E-state index contributed by atoms with van der Waals surface area (Å²) in [6.07, 6.45) is 0.935. The van der Waals surface area contributed by atoms with E-state index in [2.05, 4.69) is 39.9 Å². The molecule has 2 heterocycles. The summed E-state index contributed by atoms with van der Waals surface area (Å²) in [7, 11) is 0. The molecule has 4 rings (SSSR count). The van der Waals surface area contributed by atoms with Crippen LogP contribution in [0.3, 0.4) is 0 Å². The van der Waals surface area contributed by atoms with Crippen LogP contribution in [0.1, 0.15) is 27.6 Å². The molecule has 1 amide bonds. The van der Waals surface area contributed by atoms with Crippen LogP contribution in [0.15, 0.2) is 60.0 Å². The topological polar surface area (TPSA) is 56.1 Å². The van der Waals surface area contributed by atoms with Gasteiger partial charge < -0.3 is 5.32 Å². The number of nitrogens with zero attached hydrogens (tertiary/aromatic N) is 2. The number of hydrogen-bond donors (Lipinski definition) is 1. The number of nitrogens with one attached hydrogen (secondary N) is 1. The number of fused-ring (bicyclic) bond motifs is 1. The van der Waals surface area contributed by atoms with Crippen LogP contribution in [0.25, 0.3) is 0 Å². The van der Waals surface area contributed by atoms with Crippen molar-refractivity contribution in [2.24, 2.45) is 0 Å². The van der Waals surface area contributed by atoms with Gasteiger partial charge in [-0.05, 0) is 47.2 Å². The fraction of sp³-hybridized carbons (Fsp3) is 0.182. The number of halogens is 1. The molecule has 140 valence electrons. The second kappa shape index (κ2) is 8.15. The van der Waals surface area contributed by atoms with Gasteiger partial charge in [-0.25, -0.2) is 0 Å². The molecule has 0 saturated heterocycles. The SMILES string of the molecule is N#Cc1ccc(Cl)cc1NC(=O)CN1CCc2sccc2[C@@H]1c1ccccc1. The summed E-state index contributed by atoms with van der Waals surface area (Å²) in [6, 6.07) is 19.4. The molecule has 0 aliphatic carbocycles. The van der Waals surface area contributed by atoms with E-state index >= 15 is 0 Å². The molecule has 1 N–H and O–H groups in total. The van der Waals surface area contributed by atoms with E-state index in [9.17, 15) is 10.1 Å². The molecule has 1 aliphatic rings. The number of nitriles is 1. The summed E-state index contributed by atoms with van der Waals surface area (Å²) < 4.78 is 0. The second-order valence-corrected chi connectivity index (χ2v) is 8.12. The maximum atomic E-state index is 12.8. The summed E-state index contributed by atoms with van der Waals surface area (Å²) in [5, 5.41) is 14.7. The Labute approximate surface area is 173 Å². The smallest absolute Gasteiger partial charge is 0.238 e. The minimum Gasteiger partial charge on any atom is -0.324 e. The van der Waals surface area contributed by atoms with E-state index < -0.39 is 0 Å². The monoisotopic (exact) mass is 407 g/mol. The normalized spacial score (nSPS) is 16.2. The Morgan fingerprint density at radius 1 is 1.25 bits per heavy atom. The van der Waals surface area contributed by atoms with Gasteiger partial charge in [0.15, 0.2) is 0 Å². The van der Waals surface area contributed by atoms with Crippen LogP contribution in [0, 0.1) is 11.3 Å². The predicted octanol–water partition coefficient (Wildman–Crippen LogP) is 4.86. The number of carbonyl (C=O) groups is 1. The van der Waals surface area contributed by atoms with Crippen molar-refractivity contribution in [1.29, 1.82) is 5.26 Å². The third-order valence-corrected chi connectivity index (χ3v) is 6.14. The fourth-order valence-electron chi connectivity index (χ4n) is 3.66.